The summed E-state index contributed by atoms with van der Waals surface area (Å²) in [5.74, 6) is -2.21. The average molecular weight is 274 g/mol. The van der Waals surface area contributed by atoms with Crippen LogP contribution in [0.25, 0.3) is 0 Å². The van der Waals surface area contributed by atoms with Gasteiger partial charge >= 0.3 is 5.97 Å². The molecule has 1 aromatic carbocycles. The van der Waals surface area contributed by atoms with Gasteiger partial charge in [0.25, 0.3) is 5.91 Å². The van der Waals surface area contributed by atoms with Crippen LogP contribution >= 0.6 is 0 Å². The molecule has 2 rings (SSSR count). The Balaban J connectivity index is 2.23. The van der Waals surface area contributed by atoms with Gasteiger partial charge in [-0.3, -0.25) is 4.79 Å². The molecule has 0 aliphatic rings. The highest BCUT2D eigenvalue weighted by atomic mass is 19.1. The van der Waals surface area contributed by atoms with E-state index in [-0.39, 0.29) is 16.9 Å². The van der Waals surface area contributed by atoms with Crippen molar-refractivity contribution in [3.8, 4) is 0 Å². The van der Waals surface area contributed by atoms with Crippen LogP contribution in [0, 0.1) is 12.7 Å². The number of pyridine rings is 1. The van der Waals surface area contributed by atoms with E-state index < -0.39 is 17.7 Å². The third-order valence-corrected chi connectivity index (χ3v) is 2.54. The second-order valence-electron chi connectivity index (χ2n) is 4.21. The van der Waals surface area contributed by atoms with Crippen LogP contribution in [-0.4, -0.2) is 22.0 Å². The van der Waals surface area contributed by atoms with Crippen molar-refractivity contribution in [3.63, 3.8) is 0 Å². The SMILES string of the molecule is Cc1cc(F)cc(C(=O)Nc2ccnc(C(=O)O)c2)c1. The molecule has 0 spiro atoms. The molecule has 0 atom stereocenters. The van der Waals surface area contributed by atoms with E-state index in [0.29, 0.717) is 5.56 Å². The molecule has 2 aromatic rings. The van der Waals surface area contributed by atoms with E-state index in [1.807, 2.05) is 0 Å². The number of nitrogens with zero attached hydrogens (tertiary/aromatic N) is 1. The molecule has 0 fully saturated rings. The summed E-state index contributed by atoms with van der Waals surface area (Å²) in [5, 5.41) is 11.3. The van der Waals surface area contributed by atoms with Crippen LogP contribution in [-0.2, 0) is 0 Å². The number of carboxylic acids is 1. The van der Waals surface area contributed by atoms with Gasteiger partial charge in [-0.05, 0) is 42.8 Å². The molecule has 0 unspecified atom stereocenters. The zero-order chi connectivity index (χ0) is 14.7. The molecule has 20 heavy (non-hydrogen) atoms. The number of aromatic carboxylic acids is 1. The molecule has 5 nitrogen and oxygen atoms in total. The number of hydrogen-bond donors (Lipinski definition) is 2. The second-order valence-corrected chi connectivity index (χ2v) is 4.21. The van der Waals surface area contributed by atoms with Crippen molar-refractivity contribution in [2.24, 2.45) is 0 Å². The summed E-state index contributed by atoms with van der Waals surface area (Å²) in [7, 11) is 0. The zero-order valence-corrected chi connectivity index (χ0v) is 10.6. The topological polar surface area (TPSA) is 79.3 Å². The zero-order valence-electron chi connectivity index (χ0n) is 10.6. The maximum absolute atomic E-state index is 13.2. The first-order valence-electron chi connectivity index (χ1n) is 5.73. The van der Waals surface area contributed by atoms with Crippen molar-refractivity contribution in [2.75, 3.05) is 5.32 Å². The minimum Gasteiger partial charge on any atom is -0.477 e. The van der Waals surface area contributed by atoms with Crippen LogP contribution in [0.15, 0.2) is 36.5 Å². The third kappa shape index (κ3) is 3.17. The Morgan fingerprint density at radius 2 is 2.00 bits per heavy atom. The van der Waals surface area contributed by atoms with Gasteiger partial charge in [0, 0.05) is 17.4 Å². The summed E-state index contributed by atoms with van der Waals surface area (Å²) in [6.45, 7) is 1.68. The summed E-state index contributed by atoms with van der Waals surface area (Å²) in [5.41, 5.74) is 0.884. The van der Waals surface area contributed by atoms with E-state index in [1.54, 1.807) is 6.92 Å². The molecule has 1 heterocycles. The first-order chi connectivity index (χ1) is 9.45. The molecule has 102 valence electrons. The van der Waals surface area contributed by atoms with Gasteiger partial charge < -0.3 is 10.4 Å². The highest BCUT2D eigenvalue weighted by molar-refractivity contribution is 6.04. The standard InChI is InChI=1S/C14H11FN2O3/c1-8-4-9(6-10(15)5-8)13(18)17-11-2-3-16-12(7-11)14(19)20/h2-7H,1H3,(H,19,20)(H,16,17,18). The van der Waals surface area contributed by atoms with Crippen molar-refractivity contribution in [3.05, 3.63) is 59.2 Å². The maximum Gasteiger partial charge on any atom is 0.354 e. The lowest BCUT2D eigenvalue weighted by Crippen LogP contribution is -2.13. The highest BCUT2D eigenvalue weighted by Gasteiger charge is 2.10. The van der Waals surface area contributed by atoms with Crippen LogP contribution in [0.3, 0.4) is 0 Å². The molecule has 0 saturated heterocycles. The number of benzene rings is 1. The van der Waals surface area contributed by atoms with Gasteiger partial charge in [-0.25, -0.2) is 14.2 Å². The highest BCUT2D eigenvalue weighted by Crippen LogP contribution is 2.13. The molecule has 1 aromatic heterocycles. The van der Waals surface area contributed by atoms with Crippen LogP contribution in [0.5, 0.6) is 0 Å². The molecule has 0 saturated carbocycles. The fraction of sp³-hybridized carbons (Fsp3) is 0.0714. The number of carboxylic acid groups (broad SMARTS) is 1. The fourth-order valence-corrected chi connectivity index (χ4v) is 1.70. The second kappa shape index (κ2) is 5.48. The number of anilines is 1. The van der Waals surface area contributed by atoms with Crippen LogP contribution in [0.2, 0.25) is 0 Å². The van der Waals surface area contributed by atoms with Gasteiger partial charge in [0.2, 0.25) is 0 Å². The molecule has 0 aliphatic heterocycles. The van der Waals surface area contributed by atoms with E-state index in [2.05, 4.69) is 10.3 Å². The van der Waals surface area contributed by atoms with Gasteiger partial charge in [-0.2, -0.15) is 0 Å². The monoisotopic (exact) mass is 274 g/mol. The molecule has 0 radical (unpaired) electrons. The summed E-state index contributed by atoms with van der Waals surface area (Å²) in [6, 6.07) is 6.65. The Kier molecular flexibility index (Phi) is 3.74. The third-order valence-electron chi connectivity index (χ3n) is 2.54. The maximum atomic E-state index is 13.2. The van der Waals surface area contributed by atoms with Crippen molar-refractivity contribution in [2.45, 2.75) is 6.92 Å². The summed E-state index contributed by atoms with van der Waals surface area (Å²) < 4.78 is 13.2. The van der Waals surface area contributed by atoms with Gasteiger partial charge in [0.05, 0.1) is 0 Å². The number of rotatable bonds is 3. The Hall–Kier alpha value is -2.76. The quantitative estimate of drug-likeness (QED) is 0.901. The lowest BCUT2D eigenvalue weighted by atomic mass is 10.1. The summed E-state index contributed by atoms with van der Waals surface area (Å²) in [4.78, 5) is 26.4. The van der Waals surface area contributed by atoms with Crippen molar-refractivity contribution in [1.29, 1.82) is 0 Å². The molecule has 2 N–H and O–H groups in total. The molecule has 1 amide bonds. The number of halogens is 1. The molecule has 6 heteroatoms. The van der Waals surface area contributed by atoms with E-state index in [1.165, 1.54) is 30.5 Å². The first-order valence-corrected chi connectivity index (χ1v) is 5.73. The van der Waals surface area contributed by atoms with Gasteiger partial charge in [-0.15, -0.1) is 0 Å². The predicted molar refractivity (Wildman–Crippen MR) is 70.3 cm³/mol. The van der Waals surface area contributed by atoms with E-state index >= 15 is 0 Å². The Labute approximate surface area is 114 Å². The van der Waals surface area contributed by atoms with Crippen LogP contribution in [0.1, 0.15) is 26.4 Å². The Bertz CT molecular complexity index is 666. The number of amides is 1. The lowest BCUT2D eigenvalue weighted by Gasteiger charge is -2.06. The van der Waals surface area contributed by atoms with E-state index in [4.69, 9.17) is 5.11 Å². The molecule has 0 aliphatic carbocycles. The number of carbonyl (C=O) groups is 2. The average Bonchev–Trinajstić information content (AvgIpc) is 2.37. The number of aromatic nitrogens is 1. The number of nitrogens with one attached hydrogen (secondary N) is 1. The molecule has 0 bridgehead atoms. The van der Waals surface area contributed by atoms with E-state index in [9.17, 15) is 14.0 Å². The van der Waals surface area contributed by atoms with Gasteiger partial charge in [-0.1, -0.05) is 0 Å². The number of hydrogen-bond acceptors (Lipinski definition) is 3. The Morgan fingerprint density at radius 1 is 1.25 bits per heavy atom. The van der Waals surface area contributed by atoms with Gasteiger partial charge in [0.15, 0.2) is 0 Å². The number of carbonyl (C=O) groups excluding carboxylic acids is 1. The Morgan fingerprint density at radius 3 is 2.65 bits per heavy atom. The summed E-state index contributed by atoms with van der Waals surface area (Å²) >= 11 is 0. The molecular formula is C14H11FN2O3. The first kappa shape index (κ1) is 13.7. The minimum atomic E-state index is -1.19. The van der Waals surface area contributed by atoms with Crippen molar-refractivity contribution >= 4 is 17.6 Å². The molecular weight excluding hydrogens is 263 g/mol. The largest absolute Gasteiger partial charge is 0.477 e. The minimum absolute atomic E-state index is 0.163. The van der Waals surface area contributed by atoms with Crippen molar-refractivity contribution < 1.29 is 19.1 Å². The normalized spacial score (nSPS) is 10.1. The van der Waals surface area contributed by atoms with Crippen LogP contribution < -0.4 is 5.32 Å². The van der Waals surface area contributed by atoms with Crippen LogP contribution in [0.4, 0.5) is 10.1 Å². The van der Waals surface area contributed by atoms with Gasteiger partial charge in [0.1, 0.15) is 11.5 Å². The fourth-order valence-electron chi connectivity index (χ4n) is 1.70. The smallest absolute Gasteiger partial charge is 0.354 e. The summed E-state index contributed by atoms with van der Waals surface area (Å²) in [6.07, 6.45) is 1.27. The number of aryl methyl sites for hydroxylation is 1. The lowest BCUT2D eigenvalue weighted by molar-refractivity contribution is 0.0690. The predicted octanol–water partition coefficient (Wildman–Crippen LogP) is 2.48. The van der Waals surface area contributed by atoms with E-state index in [0.717, 1.165) is 6.07 Å². The van der Waals surface area contributed by atoms with Crippen molar-refractivity contribution in [1.82, 2.24) is 4.98 Å².